The zero-order valence-corrected chi connectivity index (χ0v) is 17.9. The van der Waals surface area contributed by atoms with Gasteiger partial charge in [0.2, 0.25) is 0 Å². The number of fused-ring (bicyclic) bond motifs is 1. The average molecular weight is 454 g/mol. The molecule has 1 amide bonds. The first-order valence-electron chi connectivity index (χ1n) is 9.24. The van der Waals surface area contributed by atoms with Crippen molar-refractivity contribution in [2.45, 2.75) is 39.3 Å². The number of alkyl carbamates (subject to hydrolysis) is 1. The lowest BCUT2D eigenvalue weighted by Crippen LogP contribution is -2.37. The second-order valence-electron chi connectivity index (χ2n) is 7.86. The first kappa shape index (κ1) is 22.6. The van der Waals surface area contributed by atoms with E-state index in [1.54, 1.807) is 20.8 Å². The summed E-state index contributed by atoms with van der Waals surface area (Å²) in [6.07, 6.45) is -0.809. The Balaban J connectivity index is 2.27. The number of nitrogens with zero attached hydrogens (tertiary/aromatic N) is 2. The van der Waals surface area contributed by atoms with Crippen molar-refractivity contribution in [3.05, 3.63) is 69.0 Å². The van der Waals surface area contributed by atoms with Crippen molar-refractivity contribution >= 4 is 28.6 Å². The van der Waals surface area contributed by atoms with Gasteiger partial charge in [-0.2, -0.15) is 0 Å². The molecule has 0 fully saturated rings. The number of carbonyl (C=O) groups excluding carboxylic acids is 1. The number of benzene rings is 2. The van der Waals surface area contributed by atoms with Crippen LogP contribution < -0.4 is 10.9 Å². The molecule has 0 aliphatic carbocycles. The lowest BCUT2D eigenvalue weighted by molar-refractivity contribution is 0.0505. The Morgan fingerprint density at radius 2 is 1.77 bits per heavy atom. The second-order valence-corrected chi connectivity index (χ2v) is 8.27. The van der Waals surface area contributed by atoms with E-state index in [0.717, 1.165) is 22.8 Å². The molecule has 2 aromatic carbocycles. The van der Waals surface area contributed by atoms with Crippen molar-refractivity contribution in [1.29, 1.82) is 0 Å². The van der Waals surface area contributed by atoms with Crippen LogP contribution in [0.15, 0.2) is 35.1 Å². The number of aromatic nitrogens is 2. The van der Waals surface area contributed by atoms with Gasteiger partial charge in [0.15, 0.2) is 0 Å². The van der Waals surface area contributed by atoms with Gasteiger partial charge in [-0.1, -0.05) is 11.6 Å². The first-order chi connectivity index (χ1) is 14.4. The third kappa shape index (κ3) is 4.82. The third-order valence-corrected chi connectivity index (χ3v) is 4.48. The quantitative estimate of drug-likeness (QED) is 0.603. The highest BCUT2D eigenvalue weighted by atomic mass is 35.5. The molecule has 0 bridgehead atoms. The summed E-state index contributed by atoms with van der Waals surface area (Å²) >= 11 is 6.11. The number of hydrogen-bond acceptors (Lipinski definition) is 4. The standard InChI is InChI=1S/C21H19ClF3N3O3/c1-10(26-20(30)31-21(2,3)4)18-27-17-14(22)5-6-15(25)16(17)19(29)28(18)13-8-11(23)7-12(24)9-13/h5-10H,1-4H3,(H,26,30)/t10-/m0/s1. The number of ether oxygens (including phenoxy) is 1. The maximum absolute atomic E-state index is 14.5. The monoisotopic (exact) mass is 453 g/mol. The highest BCUT2D eigenvalue weighted by molar-refractivity contribution is 6.35. The molecule has 0 unspecified atom stereocenters. The van der Waals surface area contributed by atoms with E-state index in [4.69, 9.17) is 16.3 Å². The van der Waals surface area contributed by atoms with Crippen molar-refractivity contribution in [3.63, 3.8) is 0 Å². The predicted molar refractivity (Wildman–Crippen MR) is 110 cm³/mol. The van der Waals surface area contributed by atoms with Crippen LogP contribution in [0.4, 0.5) is 18.0 Å². The predicted octanol–water partition coefficient (Wildman–Crippen LogP) is 5.04. The molecule has 0 saturated heterocycles. The maximum Gasteiger partial charge on any atom is 0.408 e. The minimum atomic E-state index is -0.974. The Labute approximate surface area is 180 Å². The first-order valence-corrected chi connectivity index (χ1v) is 9.62. The van der Waals surface area contributed by atoms with Crippen LogP contribution in [-0.2, 0) is 4.74 Å². The van der Waals surface area contributed by atoms with Gasteiger partial charge in [0.1, 0.15) is 34.3 Å². The van der Waals surface area contributed by atoms with Crippen LogP contribution in [0.1, 0.15) is 39.6 Å². The summed E-state index contributed by atoms with van der Waals surface area (Å²) in [6, 6.07) is 3.66. The van der Waals surface area contributed by atoms with Crippen LogP contribution in [0.3, 0.4) is 0 Å². The van der Waals surface area contributed by atoms with Gasteiger partial charge in [0.05, 0.1) is 22.3 Å². The SMILES string of the molecule is C[C@H](NC(=O)OC(C)(C)C)c1nc2c(Cl)ccc(F)c2c(=O)n1-c1cc(F)cc(F)c1. The molecule has 0 spiro atoms. The number of amides is 1. The molecule has 6 nitrogen and oxygen atoms in total. The molecule has 164 valence electrons. The molecule has 3 rings (SSSR count). The van der Waals surface area contributed by atoms with E-state index in [1.165, 1.54) is 13.0 Å². The van der Waals surface area contributed by atoms with Crippen molar-refractivity contribution in [2.24, 2.45) is 0 Å². The maximum atomic E-state index is 14.5. The number of nitrogens with one attached hydrogen (secondary N) is 1. The topological polar surface area (TPSA) is 73.2 Å². The van der Waals surface area contributed by atoms with Crippen LogP contribution in [0, 0.1) is 17.5 Å². The number of halogens is 4. The van der Waals surface area contributed by atoms with Gasteiger partial charge < -0.3 is 10.1 Å². The largest absolute Gasteiger partial charge is 0.444 e. The summed E-state index contributed by atoms with van der Waals surface area (Å²) in [6.45, 7) is 6.48. The van der Waals surface area contributed by atoms with Crippen LogP contribution in [-0.4, -0.2) is 21.2 Å². The summed E-state index contributed by atoms with van der Waals surface area (Å²) in [7, 11) is 0. The number of carbonyl (C=O) groups is 1. The highest BCUT2D eigenvalue weighted by Crippen LogP contribution is 2.26. The molecule has 1 aromatic heterocycles. The smallest absolute Gasteiger partial charge is 0.408 e. The van der Waals surface area contributed by atoms with Gasteiger partial charge in [-0.15, -0.1) is 0 Å². The van der Waals surface area contributed by atoms with E-state index in [9.17, 15) is 22.8 Å². The molecule has 0 saturated carbocycles. The van der Waals surface area contributed by atoms with E-state index < -0.39 is 46.1 Å². The summed E-state index contributed by atoms with van der Waals surface area (Å²) < 4.78 is 48.2. The molecule has 1 atom stereocenters. The summed E-state index contributed by atoms with van der Waals surface area (Å²) in [5.74, 6) is -2.93. The molecular weight excluding hydrogens is 435 g/mol. The van der Waals surface area contributed by atoms with Crippen LogP contribution in [0.5, 0.6) is 0 Å². The van der Waals surface area contributed by atoms with E-state index in [0.29, 0.717) is 6.07 Å². The molecule has 0 aliphatic rings. The van der Waals surface area contributed by atoms with Gasteiger partial charge in [-0.25, -0.2) is 22.9 Å². The number of rotatable bonds is 3. The zero-order chi connectivity index (χ0) is 23.1. The third-order valence-electron chi connectivity index (χ3n) is 4.18. The molecule has 10 heteroatoms. The van der Waals surface area contributed by atoms with E-state index in [2.05, 4.69) is 10.3 Å². The summed E-state index contributed by atoms with van der Waals surface area (Å²) in [4.78, 5) is 29.7. The second kappa shape index (κ2) is 8.22. The Kier molecular flexibility index (Phi) is 6.00. The molecule has 1 N–H and O–H groups in total. The highest BCUT2D eigenvalue weighted by Gasteiger charge is 2.25. The lowest BCUT2D eigenvalue weighted by Gasteiger charge is -2.23. The molecule has 31 heavy (non-hydrogen) atoms. The Hall–Kier alpha value is -3.07. The molecule has 1 heterocycles. The minimum absolute atomic E-state index is 0.00297. The normalized spacial score (nSPS) is 12.6. The Morgan fingerprint density at radius 3 is 2.35 bits per heavy atom. The van der Waals surface area contributed by atoms with E-state index >= 15 is 0 Å². The molecular formula is C21H19ClF3N3O3. The van der Waals surface area contributed by atoms with Crippen molar-refractivity contribution in [1.82, 2.24) is 14.9 Å². The van der Waals surface area contributed by atoms with Crippen molar-refractivity contribution in [3.8, 4) is 5.69 Å². The van der Waals surface area contributed by atoms with Gasteiger partial charge in [0.25, 0.3) is 5.56 Å². The zero-order valence-electron chi connectivity index (χ0n) is 17.1. The minimum Gasteiger partial charge on any atom is -0.444 e. The van der Waals surface area contributed by atoms with Gasteiger partial charge in [-0.05, 0) is 52.0 Å². The van der Waals surface area contributed by atoms with Gasteiger partial charge in [0, 0.05) is 6.07 Å². The van der Waals surface area contributed by atoms with Crippen molar-refractivity contribution < 1.29 is 22.7 Å². The fourth-order valence-corrected chi connectivity index (χ4v) is 3.19. The fraction of sp³-hybridized carbons (Fsp3) is 0.286. The average Bonchev–Trinajstić information content (AvgIpc) is 2.61. The van der Waals surface area contributed by atoms with Crippen LogP contribution >= 0.6 is 11.6 Å². The van der Waals surface area contributed by atoms with E-state index in [-0.39, 0.29) is 22.1 Å². The Bertz CT molecular complexity index is 1220. The van der Waals surface area contributed by atoms with Gasteiger partial charge >= 0.3 is 6.09 Å². The molecule has 0 radical (unpaired) electrons. The molecule has 0 aliphatic heterocycles. The molecule has 3 aromatic rings. The summed E-state index contributed by atoms with van der Waals surface area (Å²) in [5, 5.41) is 2.05. The van der Waals surface area contributed by atoms with Gasteiger partial charge in [-0.3, -0.25) is 9.36 Å². The van der Waals surface area contributed by atoms with Crippen molar-refractivity contribution in [2.75, 3.05) is 0 Å². The van der Waals surface area contributed by atoms with Crippen LogP contribution in [0.25, 0.3) is 16.6 Å². The van der Waals surface area contributed by atoms with Crippen LogP contribution in [0.2, 0.25) is 5.02 Å². The van der Waals surface area contributed by atoms with E-state index in [1.807, 2.05) is 0 Å². The Morgan fingerprint density at radius 1 is 1.16 bits per heavy atom. The fourth-order valence-electron chi connectivity index (χ4n) is 2.99. The summed E-state index contributed by atoms with van der Waals surface area (Å²) in [5.41, 5.74) is -2.11. The lowest BCUT2D eigenvalue weighted by atomic mass is 10.2. The number of hydrogen-bond donors (Lipinski definition) is 1.